The number of rotatable bonds is 2. The van der Waals surface area contributed by atoms with E-state index in [1.54, 1.807) is 12.1 Å². The molecular weight excluding hydrogens is 357 g/mol. The lowest BCUT2D eigenvalue weighted by Crippen LogP contribution is -2.45. The van der Waals surface area contributed by atoms with E-state index in [0.717, 1.165) is 0 Å². The van der Waals surface area contributed by atoms with Gasteiger partial charge in [-0.2, -0.15) is 0 Å². The fraction of sp³-hybridized carbons (Fsp3) is 0.364. The predicted molar refractivity (Wildman–Crippen MR) is 72.7 cm³/mol. The van der Waals surface area contributed by atoms with Crippen molar-refractivity contribution < 1.29 is 13.9 Å². The fourth-order valence-corrected chi connectivity index (χ4v) is 2.21. The summed E-state index contributed by atoms with van der Waals surface area (Å²) < 4.78 is 18.9. The second kappa shape index (κ2) is 5.82. The summed E-state index contributed by atoms with van der Waals surface area (Å²) in [5, 5.41) is 0. The quantitative estimate of drug-likeness (QED) is 0.592. The van der Waals surface area contributed by atoms with Crippen LogP contribution in [0.4, 0.5) is 10.1 Å². The van der Waals surface area contributed by atoms with Gasteiger partial charge in [0.25, 0.3) is 5.91 Å². The summed E-state index contributed by atoms with van der Waals surface area (Å²) in [5.74, 6) is -0.416. The van der Waals surface area contributed by atoms with Crippen molar-refractivity contribution >= 4 is 44.5 Å². The predicted octanol–water partition coefficient (Wildman–Crippen LogP) is 3.26. The molecule has 0 aliphatic carbocycles. The third kappa shape index (κ3) is 2.47. The number of carbonyl (C=O) groups is 1. The van der Waals surface area contributed by atoms with E-state index in [0.29, 0.717) is 17.6 Å². The topological polar surface area (TPSA) is 29.5 Å². The number of hydrogen-bond donors (Lipinski definition) is 0. The zero-order valence-electron chi connectivity index (χ0n) is 9.15. The summed E-state index contributed by atoms with van der Waals surface area (Å²) in [7, 11) is 0. The molecular formula is C11H12Br2FNO2. The summed E-state index contributed by atoms with van der Waals surface area (Å²) >= 11 is 3.23. The molecule has 1 amide bonds. The van der Waals surface area contributed by atoms with E-state index in [4.69, 9.17) is 4.74 Å². The Balaban J connectivity index is 0.00000144. The molecule has 1 aliphatic heterocycles. The molecule has 2 rings (SSSR count). The van der Waals surface area contributed by atoms with Gasteiger partial charge in [0, 0.05) is 0 Å². The molecule has 17 heavy (non-hydrogen) atoms. The zero-order valence-corrected chi connectivity index (χ0v) is 12.5. The third-order valence-electron chi connectivity index (χ3n) is 2.53. The number of halogens is 3. The van der Waals surface area contributed by atoms with E-state index in [1.165, 1.54) is 11.0 Å². The highest BCUT2D eigenvalue weighted by atomic mass is 79.9. The number of hydrogen-bond acceptors (Lipinski definition) is 2. The maximum absolute atomic E-state index is 13.5. The monoisotopic (exact) mass is 367 g/mol. The van der Waals surface area contributed by atoms with Crippen LogP contribution < -0.4 is 9.64 Å². The number of anilines is 1. The number of amides is 1. The Kier molecular flexibility index (Phi) is 4.94. The second-order valence-corrected chi connectivity index (χ2v) is 3.99. The third-order valence-corrected chi connectivity index (χ3v) is 3.03. The van der Waals surface area contributed by atoms with Crippen LogP contribution in [0.1, 0.15) is 13.3 Å². The summed E-state index contributed by atoms with van der Waals surface area (Å²) in [6.07, 6.45) is -0.0715. The van der Waals surface area contributed by atoms with Gasteiger partial charge in [0.15, 0.2) is 17.7 Å². The molecule has 1 heterocycles. The molecule has 0 bridgehead atoms. The molecule has 3 nitrogen and oxygen atoms in total. The van der Waals surface area contributed by atoms with Crippen molar-refractivity contribution in [3.05, 3.63) is 24.0 Å². The molecule has 94 valence electrons. The van der Waals surface area contributed by atoms with E-state index in [1.807, 2.05) is 6.92 Å². The molecule has 1 aromatic rings. The van der Waals surface area contributed by atoms with Crippen molar-refractivity contribution in [1.82, 2.24) is 0 Å². The molecule has 0 saturated heterocycles. The van der Waals surface area contributed by atoms with Gasteiger partial charge in [0.05, 0.1) is 11.1 Å². The summed E-state index contributed by atoms with van der Waals surface area (Å²) in [6.45, 7) is 1.83. The van der Waals surface area contributed by atoms with Gasteiger partial charge in [-0.15, -0.1) is 17.0 Å². The molecule has 0 aromatic heterocycles. The minimum atomic E-state index is -0.595. The molecule has 0 spiro atoms. The van der Waals surface area contributed by atoms with Crippen LogP contribution in [0.3, 0.4) is 0 Å². The number of carbonyl (C=O) groups excluding carboxylic acids is 1. The Morgan fingerprint density at radius 3 is 2.82 bits per heavy atom. The van der Waals surface area contributed by atoms with Crippen LogP contribution in [0.25, 0.3) is 0 Å². The fourth-order valence-electron chi connectivity index (χ4n) is 1.69. The summed E-state index contributed by atoms with van der Waals surface area (Å²) in [6, 6.07) is 4.56. The summed E-state index contributed by atoms with van der Waals surface area (Å²) in [5.41, 5.74) is 0.814. The Labute approximate surface area is 118 Å². The number of benzene rings is 1. The van der Waals surface area contributed by atoms with Crippen LogP contribution in [0.2, 0.25) is 0 Å². The molecule has 1 atom stereocenters. The molecule has 0 radical (unpaired) electrons. The maximum Gasteiger partial charge on any atom is 0.268 e. The number of nitrogens with zero attached hydrogens (tertiary/aromatic N) is 1. The average molecular weight is 369 g/mol. The first-order chi connectivity index (χ1) is 7.69. The molecule has 0 fully saturated rings. The van der Waals surface area contributed by atoms with Crippen molar-refractivity contribution in [2.45, 2.75) is 19.4 Å². The molecule has 0 saturated carbocycles. The number of alkyl halides is 1. The van der Waals surface area contributed by atoms with Crippen LogP contribution in [-0.2, 0) is 4.79 Å². The molecule has 6 heteroatoms. The van der Waals surface area contributed by atoms with E-state index >= 15 is 0 Å². The SMILES string of the molecule is Br.CCC1Oc2c(F)cccc2N(CBr)C1=O. The van der Waals surface area contributed by atoms with Gasteiger partial charge in [-0.05, 0) is 18.6 Å². The molecule has 1 unspecified atom stereocenters. The minimum Gasteiger partial charge on any atom is -0.475 e. The van der Waals surface area contributed by atoms with Crippen molar-refractivity contribution in [2.24, 2.45) is 0 Å². The van der Waals surface area contributed by atoms with Gasteiger partial charge in [-0.1, -0.05) is 28.9 Å². The van der Waals surface area contributed by atoms with Crippen LogP contribution in [-0.4, -0.2) is 17.5 Å². The molecule has 0 N–H and O–H groups in total. The highest BCUT2D eigenvalue weighted by molar-refractivity contribution is 9.09. The molecule has 1 aliphatic rings. The lowest BCUT2D eigenvalue weighted by atomic mass is 10.1. The molecule has 1 aromatic carbocycles. The van der Waals surface area contributed by atoms with Crippen LogP contribution in [0, 0.1) is 5.82 Å². The highest BCUT2D eigenvalue weighted by Crippen LogP contribution is 2.37. The minimum absolute atomic E-state index is 0. The van der Waals surface area contributed by atoms with Crippen molar-refractivity contribution in [3.63, 3.8) is 0 Å². The lowest BCUT2D eigenvalue weighted by molar-refractivity contribution is -0.126. The first kappa shape index (κ1) is 14.4. The van der Waals surface area contributed by atoms with Crippen LogP contribution >= 0.6 is 32.9 Å². The van der Waals surface area contributed by atoms with Crippen LogP contribution in [0.5, 0.6) is 5.75 Å². The Morgan fingerprint density at radius 2 is 2.24 bits per heavy atom. The Bertz CT molecular complexity index is 428. The van der Waals surface area contributed by atoms with E-state index in [9.17, 15) is 9.18 Å². The Hall–Kier alpha value is -0.620. The average Bonchev–Trinajstić information content (AvgIpc) is 2.29. The second-order valence-electron chi connectivity index (χ2n) is 3.49. The normalized spacial score (nSPS) is 18.2. The van der Waals surface area contributed by atoms with Gasteiger partial charge < -0.3 is 4.74 Å². The van der Waals surface area contributed by atoms with Gasteiger partial charge in [-0.3, -0.25) is 9.69 Å². The van der Waals surface area contributed by atoms with E-state index in [2.05, 4.69) is 15.9 Å². The lowest BCUT2D eigenvalue weighted by Gasteiger charge is -2.32. The Morgan fingerprint density at radius 1 is 1.53 bits per heavy atom. The van der Waals surface area contributed by atoms with Gasteiger partial charge in [0.1, 0.15) is 0 Å². The first-order valence-corrected chi connectivity index (χ1v) is 6.13. The van der Waals surface area contributed by atoms with Crippen molar-refractivity contribution in [2.75, 3.05) is 10.4 Å². The smallest absolute Gasteiger partial charge is 0.268 e. The van der Waals surface area contributed by atoms with Gasteiger partial charge >= 0.3 is 0 Å². The van der Waals surface area contributed by atoms with Crippen LogP contribution in [0.15, 0.2) is 18.2 Å². The maximum atomic E-state index is 13.5. The first-order valence-electron chi connectivity index (χ1n) is 5.01. The zero-order chi connectivity index (χ0) is 11.7. The number of para-hydroxylation sites is 1. The summed E-state index contributed by atoms with van der Waals surface area (Å²) in [4.78, 5) is 13.4. The van der Waals surface area contributed by atoms with E-state index < -0.39 is 11.9 Å². The van der Waals surface area contributed by atoms with Gasteiger partial charge in [-0.25, -0.2) is 4.39 Å². The number of ether oxygens (including phenoxy) is 1. The van der Waals surface area contributed by atoms with E-state index in [-0.39, 0.29) is 28.6 Å². The standard InChI is InChI=1S/C11H11BrFNO2.BrH/c1-2-9-11(15)14(6-12)8-5-3-4-7(13)10(8)16-9;/h3-5,9H,2,6H2,1H3;1H. The van der Waals surface area contributed by atoms with Crippen molar-refractivity contribution in [3.8, 4) is 5.75 Å². The van der Waals surface area contributed by atoms with Gasteiger partial charge in [0.2, 0.25) is 0 Å². The largest absolute Gasteiger partial charge is 0.475 e. The highest BCUT2D eigenvalue weighted by Gasteiger charge is 2.34. The number of fused-ring (bicyclic) bond motifs is 1. The van der Waals surface area contributed by atoms with Crippen molar-refractivity contribution in [1.29, 1.82) is 0 Å².